The van der Waals surface area contributed by atoms with Gasteiger partial charge in [0.2, 0.25) is 5.75 Å². The van der Waals surface area contributed by atoms with Crippen LogP contribution >= 0.6 is 0 Å². The highest BCUT2D eigenvalue weighted by Gasteiger charge is 2.18. The fourth-order valence-corrected chi connectivity index (χ4v) is 2.90. The van der Waals surface area contributed by atoms with Crippen molar-refractivity contribution in [1.82, 2.24) is 5.32 Å². The van der Waals surface area contributed by atoms with Crippen LogP contribution in [0.4, 0.5) is 10.1 Å². The molecule has 0 aliphatic rings. The number of hydrogen-bond acceptors (Lipinski definition) is 5. The number of carbonyl (C=O) groups is 1. The minimum atomic E-state index is -0.639. The van der Waals surface area contributed by atoms with Gasteiger partial charge in [-0.05, 0) is 54.5 Å². The van der Waals surface area contributed by atoms with E-state index in [0.29, 0.717) is 0 Å². The molecule has 0 saturated heterocycles. The molecule has 32 heavy (non-hydrogen) atoms. The first kappa shape index (κ1) is 22.2. The zero-order chi connectivity index (χ0) is 23.1. The molecule has 1 unspecified atom stereocenters. The van der Waals surface area contributed by atoms with E-state index in [1.54, 1.807) is 6.92 Å². The zero-order valence-electron chi connectivity index (χ0n) is 17.0. The molecule has 0 aliphatic heterocycles. The Morgan fingerprint density at radius 2 is 1.84 bits per heavy atom. The van der Waals surface area contributed by atoms with Gasteiger partial charge in [0.15, 0.2) is 0 Å². The van der Waals surface area contributed by atoms with Crippen molar-refractivity contribution in [3.8, 4) is 17.6 Å². The minimum Gasteiger partial charge on any atom is -0.450 e. The molecule has 0 saturated carbocycles. The van der Waals surface area contributed by atoms with Crippen LogP contribution in [0.15, 0.2) is 78.4 Å². The molecule has 0 aliphatic carbocycles. The number of rotatable bonds is 7. The molecule has 3 rings (SSSR count). The third-order valence-corrected chi connectivity index (χ3v) is 4.54. The van der Waals surface area contributed by atoms with E-state index in [-0.39, 0.29) is 34.4 Å². The molecule has 0 heterocycles. The highest BCUT2D eigenvalue weighted by atomic mass is 19.1. The first-order valence-electron chi connectivity index (χ1n) is 9.57. The van der Waals surface area contributed by atoms with E-state index in [9.17, 15) is 24.6 Å². The Balaban J connectivity index is 1.83. The van der Waals surface area contributed by atoms with Gasteiger partial charge in [0.25, 0.3) is 5.91 Å². The number of carbonyl (C=O) groups excluding carboxylic acids is 1. The van der Waals surface area contributed by atoms with Crippen molar-refractivity contribution in [2.45, 2.75) is 13.0 Å². The van der Waals surface area contributed by atoms with Gasteiger partial charge in [-0.3, -0.25) is 14.9 Å². The highest BCUT2D eigenvalue weighted by molar-refractivity contribution is 6.02. The van der Waals surface area contributed by atoms with Crippen LogP contribution in [-0.2, 0) is 4.79 Å². The van der Waals surface area contributed by atoms with Crippen molar-refractivity contribution in [2.24, 2.45) is 0 Å². The number of hydrogen-bond donors (Lipinski definition) is 1. The third kappa shape index (κ3) is 5.55. The van der Waals surface area contributed by atoms with Gasteiger partial charge in [-0.15, -0.1) is 0 Å². The van der Waals surface area contributed by atoms with Crippen molar-refractivity contribution >= 4 is 17.7 Å². The van der Waals surface area contributed by atoms with Crippen LogP contribution in [0, 0.1) is 27.3 Å². The van der Waals surface area contributed by atoms with E-state index < -0.39 is 16.6 Å². The standard InChI is InChI=1S/C24H18FN3O4/c1-16(18-5-3-2-4-6-18)27-24(29)19(15-26)13-17-7-12-23(22(14-17)28(30)31)32-21-10-8-20(25)9-11-21/h2-14,16H,1H3,(H,27,29). The van der Waals surface area contributed by atoms with Crippen molar-refractivity contribution < 1.29 is 18.8 Å². The molecule has 3 aromatic rings. The zero-order valence-corrected chi connectivity index (χ0v) is 17.0. The molecule has 7 nitrogen and oxygen atoms in total. The molecule has 1 atom stereocenters. The topological polar surface area (TPSA) is 105 Å². The maximum Gasteiger partial charge on any atom is 0.312 e. The second-order valence-corrected chi connectivity index (χ2v) is 6.82. The number of nitrogens with one attached hydrogen (secondary N) is 1. The second kappa shape index (κ2) is 10.00. The summed E-state index contributed by atoms with van der Waals surface area (Å²) >= 11 is 0. The van der Waals surface area contributed by atoms with Crippen LogP contribution in [0.1, 0.15) is 24.1 Å². The molecule has 0 fully saturated rings. The summed E-state index contributed by atoms with van der Waals surface area (Å²) in [6.07, 6.45) is 1.27. The summed E-state index contributed by atoms with van der Waals surface area (Å²) in [6, 6.07) is 19.8. The Kier molecular flexibility index (Phi) is 6.93. The monoisotopic (exact) mass is 431 g/mol. The van der Waals surface area contributed by atoms with Gasteiger partial charge >= 0.3 is 5.69 Å². The maximum absolute atomic E-state index is 13.1. The van der Waals surface area contributed by atoms with Crippen LogP contribution < -0.4 is 10.1 Å². The average molecular weight is 431 g/mol. The Labute approximate surface area is 183 Å². The lowest BCUT2D eigenvalue weighted by Crippen LogP contribution is -2.27. The SMILES string of the molecule is CC(NC(=O)C(C#N)=Cc1ccc(Oc2ccc(F)cc2)c([N+](=O)[O-])c1)c1ccccc1. The van der Waals surface area contributed by atoms with Crippen molar-refractivity contribution in [3.63, 3.8) is 0 Å². The lowest BCUT2D eigenvalue weighted by molar-refractivity contribution is -0.385. The van der Waals surface area contributed by atoms with Gasteiger partial charge in [0.05, 0.1) is 11.0 Å². The largest absolute Gasteiger partial charge is 0.450 e. The van der Waals surface area contributed by atoms with Crippen LogP contribution in [0.2, 0.25) is 0 Å². The first-order chi connectivity index (χ1) is 15.4. The average Bonchev–Trinajstić information content (AvgIpc) is 2.80. The molecule has 8 heteroatoms. The van der Waals surface area contributed by atoms with Crippen LogP contribution in [-0.4, -0.2) is 10.8 Å². The number of amides is 1. The number of nitriles is 1. The molecule has 0 bridgehead atoms. The molecule has 3 aromatic carbocycles. The molecule has 160 valence electrons. The maximum atomic E-state index is 13.1. The van der Waals surface area contributed by atoms with Gasteiger partial charge in [-0.25, -0.2) is 4.39 Å². The van der Waals surface area contributed by atoms with Gasteiger partial charge in [0, 0.05) is 6.07 Å². The van der Waals surface area contributed by atoms with Gasteiger partial charge < -0.3 is 10.1 Å². The Bertz CT molecular complexity index is 1200. The van der Waals surface area contributed by atoms with E-state index in [2.05, 4.69) is 5.32 Å². The number of benzene rings is 3. The fourth-order valence-electron chi connectivity index (χ4n) is 2.90. The molecular weight excluding hydrogens is 413 g/mol. The molecule has 0 aromatic heterocycles. The minimum absolute atomic E-state index is 0.0561. The summed E-state index contributed by atoms with van der Waals surface area (Å²) in [6.45, 7) is 1.79. The van der Waals surface area contributed by atoms with E-state index in [4.69, 9.17) is 4.74 Å². The summed E-state index contributed by atoms with van der Waals surface area (Å²) in [4.78, 5) is 23.4. The van der Waals surface area contributed by atoms with E-state index in [0.717, 1.165) is 5.56 Å². The smallest absolute Gasteiger partial charge is 0.312 e. The number of nitro benzene ring substituents is 1. The van der Waals surface area contributed by atoms with E-state index in [1.807, 2.05) is 36.4 Å². The summed E-state index contributed by atoms with van der Waals surface area (Å²) in [5.74, 6) is -0.890. The van der Waals surface area contributed by atoms with Crippen LogP contribution in [0.5, 0.6) is 11.5 Å². The van der Waals surface area contributed by atoms with Crippen LogP contribution in [0.3, 0.4) is 0 Å². The Hall–Kier alpha value is -4.51. The fraction of sp³-hybridized carbons (Fsp3) is 0.0833. The predicted molar refractivity (Wildman–Crippen MR) is 116 cm³/mol. The van der Waals surface area contributed by atoms with Gasteiger partial charge in [0.1, 0.15) is 23.2 Å². The van der Waals surface area contributed by atoms with Crippen LogP contribution in [0.25, 0.3) is 6.08 Å². The van der Waals surface area contributed by atoms with Crippen molar-refractivity contribution in [1.29, 1.82) is 5.26 Å². The summed E-state index contributed by atoms with van der Waals surface area (Å²) in [5.41, 5.74) is 0.589. The quantitative estimate of drug-likeness (QED) is 0.236. The number of halogens is 1. The number of nitro groups is 1. The molecule has 1 amide bonds. The summed E-state index contributed by atoms with van der Waals surface area (Å²) in [5, 5.41) is 23.7. The molecule has 0 radical (unpaired) electrons. The van der Waals surface area contributed by atoms with E-state index in [1.165, 1.54) is 48.5 Å². The molecule has 1 N–H and O–H groups in total. The first-order valence-corrected chi connectivity index (χ1v) is 9.57. The summed E-state index contributed by atoms with van der Waals surface area (Å²) < 4.78 is 18.5. The normalized spacial score (nSPS) is 11.8. The molecule has 0 spiro atoms. The van der Waals surface area contributed by atoms with Crippen molar-refractivity contribution in [2.75, 3.05) is 0 Å². The van der Waals surface area contributed by atoms with Gasteiger partial charge in [-0.1, -0.05) is 36.4 Å². The third-order valence-electron chi connectivity index (χ3n) is 4.54. The van der Waals surface area contributed by atoms with E-state index >= 15 is 0 Å². The van der Waals surface area contributed by atoms with Gasteiger partial charge in [-0.2, -0.15) is 5.26 Å². The van der Waals surface area contributed by atoms with Crippen molar-refractivity contribution in [3.05, 3.63) is 105 Å². The Morgan fingerprint density at radius 1 is 1.16 bits per heavy atom. The highest BCUT2D eigenvalue weighted by Crippen LogP contribution is 2.33. The number of nitrogens with zero attached hydrogens (tertiary/aromatic N) is 2. The number of ether oxygens (including phenoxy) is 1. The second-order valence-electron chi connectivity index (χ2n) is 6.82. The lowest BCUT2D eigenvalue weighted by atomic mass is 10.1. The lowest BCUT2D eigenvalue weighted by Gasteiger charge is -2.13. The Morgan fingerprint density at radius 3 is 2.47 bits per heavy atom. The predicted octanol–water partition coefficient (Wildman–Crippen LogP) is 5.31. The summed E-state index contributed by atoms with van der Waals surface area (Å²) in [7, 11) is 0. The molecular formula is C24H18FN3O4.